The minimum absolute atomic E-state index is 0.0976. The summed E-state index contributed by atoms with van der Waals surface area (Å²) in [4.78, 5) is 13.7. The molecule has 0 unspecified atom stereocenters. The number of halogens is 2. The third-order valence-electron chi connectivity index (χ3n) is 3.73. The average Bonchev–Trinajstić information content (AvgIpc) is 2.80. The summed E-state index contributed by atoms with van der Waals surface area (Å²) in [6.07, 6.45) is 0. The number of aliphatic hydroxyl groups excluding tert-OH is 1. The van der Waals surface area contributed by atoms with Crippen molar-refractivity contribution in [2.24, 2.45) is 11.8 Å². The highest BCUT2D eigenvalue weighted by Crippen LogP contribution is 2.22. The maximum atomic E-state index is 13.1. The van der Waals surface area contributed by atoms with Crippen molar-refractivity contribution in [2.75, 3.05) is 19.7 Å². The topological polar surface area (TPSA) is 52.6 Å². The summed E-state index contributed by atoms with van der Waals surface area (Å²) in [5, 5.41) is 12.0. The Balaban J connectivity index is 1.91. The van der Waals surface area contributed by atoms with Crippen LogP contribution in [0.25, 0.3) is 0 Å². The van der Waals surface area contributed by atoms with E-state index in [2.05, 4.69) is 21.2 Å². The molecule has 1 saturated heterocycles. The Kier molecular flexibility index (Phi) is 4.99. The lowest BCUT2D eigenvalue weighted by Crippen LogP contribution is -2.38. The molecule has 2 atom stereocenters. The molecule has 4 nitrogen and oxygen atoms in total. The van der Waals surface area contributed by atoms with E-state index >= 15 is 0 Å². The first kappa shape index (κ1) is 15.3. The molecule has 20 heavy (non-hydrogen) atoms. The third kappa shape index (κ3) is 3.49. The molecule has 1 fully saturated rings. The van der Waals surface area contributed by atoms with Crippen molar-refractivity contribution in [3.8, 4) is 0 Å². The maximum absolute atomic E-state index is 13.1. The van der Waals surface area contributed by atoms with Crippen molar-refractivity contribution < 1.29 is 14.3 Å². The van der Waals surface area contributed by atoms with E-state index in [1.54, 1.807) is 11.0 Å². The summed E-state index contributed by atoms with van der Waals surface area (Å²) in [6.45, 7) is 3.60. The van der Waals surface area contributed by atoms with Crippen molar-refractivity contribution >= 4 is 22.0 Å². The molecule has 2 amide bonds. The van der Waals surface area contributed by atoms with Crippen LogP contribution in [0.2, 0.25) is 0 Å². The number of nitrogens with one attached hydrogen (secondary N) is 1. The zero-order valence-electron chi connectivity index (χ0n) is 11.3. The van der Waals surface area contributed by atoms with Crippen LogP contribution in [0.15, 0.2) is 22.7 Å². The van der Waals surface area contributed by atoms with Crippen LogP contribution in [-0.2, 0) is 6.54 Å². The summed E-state index contributed by atoms with van der Waals surface area (Å²) in [6, 6.07) is 4.21. The minimum Gasteiger partial charge on any atom is -0.396 e. The first-order valence-electron chi connectivity index (χ1n) is 6.58. The van der Waals surface area contributed by atoms with Crippen LogP contribution in [0.1, 0.15) is 12.5 Å². The molecule has 1 aliphatic heterocycles. The number of hydrogen-bond acceptors (Lipinski definition) is 2. The predicted molar refractivity (Wildman–Crippen MR) is 77.6 cm³/mol. The first-order chi connectivity index (χ1) is 9.51. The standard InChI is InChI=1S/C14H18BrFN2O2/c1-9-6-18(7-11(9)8-19)14(20)17-5-10-4-12(16)2-3-13(10)15/h2-4,9,11,19H,5-8H2,1H3,(H,17,20)/t9-,11+/m1/s1. The van der Waals surface area contributed by atoms with Crippen LogP contribution in [0, 0.1) is 17.7 Å². The van der Waals surface area contributed by atoms with E-state index < -0.39 is 0 Å². The summed E-state index contributed by atoms with van der Waals surface area (Å²) >= 11 is 3.33. The van der Waals surface area contributed by atoms with Gasteiger partial charge in [0.05, 0.1) is 0 Å². The number of benzene rings is 1. The molecule has 0 aromatic heterocycles. The van der Waals surface area contributed by atoms with Crippen molar-refractivity contribution in [1.29, 1.82) is 0 Å². The van der Waals surface area contributed by atoms with Gasteiger partial charge in [-0.1, -0.05) is 22.9 Å². The van der Waals surface area contributed by atoms with Gasteiger partial charge in [-0.2, -0.15) is 0 Å². The summed E-state index contributed by atoms with van der Waals surface area (Å²) < 4.78 is 13.9. The molecule has 0 aliphatic carbocycles. The van der Waals surface area contributed by atoms with Gasteiger partial charge < -0.3 is 15.3 Å². The molecule has 1 aliphatic rings. The van der Waals surface area contributed by atoms with Gasteiger partial charge in [0.1, 0.15) is 5.82 Å². The monoisotopic (exact) mass is 344 g/mol. The molecule has 0 spiro atoms. The number of aliphatic hydroxyl groups is 1. The second kappa shape index (κ2) is 6.54. The van der Waals surface area contributed by atoms with Crippen molar-refractivity contribution in [3.63, 3.8) is 0 Å². The van der Waals surface area contributed by atoms with Crippen LogP contribution in [-0.4, -0.2) is 35.7 Å². The Bertz CT molecular complexity index is 498. The Morgan fingerprint density at radius 1 is 1.55 bits per heavy atom. The van der Waals surface area contributed by atoms with Crippen LogP contribution in [0.4, 0.5) is 9.18 Å². The third-order valence-corrected chi connectivity index (χ3v) is 4.50. The van der Waals surface area contributed by atoms with E-state index in [4.69, 9.17) is 0 Å². The van der Waals surface area contributed by atoms with Gasteiger partial charge in [-0.15, -0.1) is 0 Å². The molecule has 0 bridgehead atoms. The number of rotatable bonds is 3. The lowest BCUT2D eigenvalue weighted by molar-refractivity contribution is 0.195. The smallest absolute Gasteiger partial charge is 0.317 e. The largest absolute Gasteiger partial charge is 0.396 e. The molecular formula is C14H18BrFN2O2. The molecule has 0 saturated carbocycles. The van der Waals surface area contributed by atoms with E-state index in [9.17, 15) is 14.3 Å². The second-order valence-electron chi connectivity index (χ2n) is 5.22. The molecule has 1 aromatic carbocycles. The molecule has 2 rings (SSSR count). The lowest BCUT2D eigenvalue weighted by atomic mass is 10.00. The Morgan fingerprint density at radius 3 is 2.95 bits per heavy atom. The maximum Gasteiger partial charge on any atom is 0.317 e. The van der Waals surface area contributed by atoms with Gasteiger partial charge >= 0.3 is 6.03 Å². The fourth-order valence-corrected chi connectivity index (χ4v) is 2.79. The van der Waals surface area contributed by atoms with Crippen LogP contribution >= 0.6 is 15.9 Å². The number of hydrogen-bond donors (Lipinski definition) is 2. The molecule has 1 heterocycles. The Labute approximate surface area is 126 Å². The summed E-state index contributed by atoms with van der Waals surface area (Å²) in [7, 11) is 0. The highest BCUT2D eigenvalue weighted by molar-refractivity contribution is 9.10. The van der Waals surface area contributed by atoms with Gasteiger partial charge in [0.2, 0.25) is 0 Å². The fraction of sp³-hybridized carbons (Fsp3) is 0.500. The zero-order valence-corrected chi connectivity index (χ0v) is 12.9. The number of likely N-dealkylation sites (tertiary alicyclic amines) is 1. The number of nitrogens with zero attached hydrogens (tertiary/aromatic N) is 1. The normalized spacial score (nSPS) is 22.1. The van der Waals surface area contributed by atoms with Crippen molar-refractivity contribution in [2.45, 2.75) is 13.5 Å². The van der Waals surface area contributed by atoms with Gasteiger partial charge in [-0.3, -0.25) is 0 Å². The molecule has 110 valence electrons. The van der Waals surface area contributed by atoms with Crippen LogP contribution < -0.4 is 5.32 Å². The molecular weight excluding hydrogens is 327 g/mol. The van der Waals surface area contributed by atoms with E-state index in [-0.39, 0.29) is 30.9 Å². The molecule has 2 N–H and O–H groups in total. The molecule has 6 heteroatoms. The van der Waals surface area contributed by atoms with E-state index in [0.717, 1.165) is 4.47 Å². The van der Waals surface area contributed by atoms with Gasteiger partial charge in [-0.25, -0.2) is 9.18 Å². The summed E-state index contributed by atoms with van der Waals surface area (Å²) in [5.74, 6) is 0.112. The number of carbonyl (C=O) groups excluding carboxylic acids is 1. The van der Waals surface area contributed by atoms with Crippen molar-refractivity contribution in [1.82, 2.24) is 10.2 Å². The van der Waals surface area contributed by atoms with E-state index in [0.29, 0.717) is 24.6 Å². The van der Waals surface area contributed by atoms with E-state index in [1.807, 2.05) is 6.92 Å². The molecule has 0 radical (unpaired) electrons. The highest BCUT2D eigenvalue weighted by Gasteiger charge is 2.31. The average molecular weight is 345 g/mol. The molecule has 1 aromatic rings. The van der Waals surface area contributed by atoms with Gasteiger partial charge in [0, 0.05) is 36.6 Å². The fourth-order valence-electron chi connectivity index (χ4n) is 2.40. The van der Waals surface area contributed by atoms with Gasteiger partial charge in [0.25, 0.3) is 0 Å². The Hall–Kier alpha value is -1.14. The predicted octanol–water partition coefficient (Wildman–Crippen LogP) is 2.36. The van der Waals surface area contributed by atoms with Gasteiger partial charge in [0.15, 0.2) is 0 Å². The SMILES string of the molecule is C[C@@H]1CN(C(=O)NCc2cc(F)ccc2Br)C[C@H]1CO. The van der Waals surface area contributed by atoms with E-state index in [1.165, 1.54) is 12.1 Å². The lowest BCUT2D eigenvalue weighted by Gasteiger charge is -2.17. The first-order valence-corrected chi connectivity index (χ1v) is 7.38. The quantitative estimate of drug-likeness (QED) is 0.884. The van der Waals surface area contributed by atoms with Crippen LogP contribution in [0.5, 0.6) is 0 Å². The van der Waals surface area contributed by atoms with Crippen molar-refractivity contribution in [3.05, 3.63) is 34.1 Å². The Morgan fingerprint density at radius 2 is 2.30 bits per heavy atom. The summed E-state index contributed by atoms with van der Waals surface area (Å²) in [5.41, 5.74) is 0.698. The zero-order chi connectivity index (χ0) is 14.7. The minimum atomic E-state index is -0.326. The highest BCUT2D eigenvalue weighted by atomic mass is 79.9. The number of amides is 2. The van der Waals surface area contributed by atoms with Crippen LogP contribution in [0.3, 0.4) is 0 Å². The second-order valence-corrected chi connectivity index (χ2v) is 6.07. The number of urea groups is 1. The van der Waals surface area contributed by atoms with Gasteiger partial charge in [-0.05, 0) is 29.7 Å². The number of carbonyl (C=O) groups is 1.